The average molecular weight is 346 g/mol. The quantitative estimate of drug-likeness (QED) is 0.567. The van der Waals surface area contributed by atoms with Gasteiger partial charge in [0.25, 0.3) is 11.6 Å². The third-order valence-corrected chi connectivity index (χ3v) is 4.46. The maximum atomic E-state index is 13.2. The number of thiophene rings is 1. The number of hydrogen-bond donors (Lipinski definition) is 1. The number of ether oxygens (including phenoxy) is 1. The highest BCUT2D eigenvalue weighted by Crippen LogP contribution is 2.31. The summed E-state index contributed by atoms with van der Waals surface area (Å²) in [7, 11) is 1.38. The molecule has 3 aromatic rings. The van der Waals surface area contributed by atoms with Crippen LogP contribution in [0.5, 0.6) is 5.75 Å². The molecule has 6 nitrogen and oxygen atoms in total. The molecule has 0 saturated carbocycles. The number of amides is 1. The number of fused-ring (bicyclic) bond motifs is 1. The lowest BCUT2D eigenvalue weighted by molar-refractivity contribution is -0.384. The fraction of sp³-hybridized carbons (Fsp3) is 0.0625. The lowest BCUT2D eigenvalue weighted by atomic mass is 10.2. The van der Waals surface area contributed by atoms with Gasteiger partial charge in [-0.05, 0) is 24.3 Å². The van der Waals surface area contributed by atoms with Crippen molar-refractivity contribution in [2.75, 3.05) is 12.4 Å². The molecule has 0 atom stereocenters. The minimum absolute atomic E-state index is 0.0348. The van der Waals surface area contributed by atoms with Crippen molar-refractivity contribution in [3.8, 4) is 5.75 Å². The number of hydrogen-bond acceptors (Lipinski definition) is 5. The molecule has 0 bridgehead atoms. The molecule has 1 aromatic heterocycles. The zero-order valence-electron chi connectivity index (χ0n) is 12.4. The Kier molecular flexibility index (Phi) is 4.13. The van der Waals surface area contributed by atoms with Gasteiger partial charge in [0.2, 0.25) is 0 Å². The van der Waals surface area contributed by atoms with Crippen LogP contribution < -0.4 is 10.1 Å². The fourth-order valence-electron chi connectivity index (χ4n) is 2.21. The van der Waals surface area contributed by atoms with Crippen LogP contribution in [0, 0.1) is 15.9 Å². The standard InChI is InChI=1S/C16H11FN2O4S/c1-23-13-8-10(17)2-4-12(13)18-16(20)15-7-9-6-11(19(21)22)3-5-14(9)24-15/h2-8H,1H3,(H,18,20). The molecule has 0 aliphatic carbocycles. The second-order valence-corrected chi connectivity index (χ2v) is 5.97. The van der Waals surface area contributed by atoms with E-state index in [1.165, 1.54) is 48.8 Å². The highest BCUT2D eigenvalue weighted by Gasteiger charge is 2.15. The first-order valence-corrected chi connectivity index (χ1v) is 7.62. The molecule has 0 spiro atoms. The summed E-state index contributed by atoms with van der Waals surface area (Å²) >= 11 is 1.21. The number of carbonyl (C=O) groups is 1. The van der Waals surface area contributed by atoms with Gasteiger partial charge in [0.05, 0.1) is 22.6 Å². The van der Waals surface area contributed by atoms with E-state index in [2.05, 4.69) is 5.32 Å². The van der Waals surface area contributed by atoms with Crippen molar-refractivity contribution >= 4 is 38.7 Å². The number of nitrogens with zero attached hydrogens (tertiary/aromatic N) is 1. The zero-order valence-corrected chi connectivity index (χ0v) is 13.2. The summed E-state index contributed by atoms with van der Waals surface area (Å²) in [5, 5.41) is 14.1. The van der Waals surface area contributed by atoms with E-state index in [0.717, 1.165) is 4.70 Å². The monoisotopic (exact) mass is 346 g/mol. The third kappa shape index (κ3) is 3.04. The Morgan fingerprint density at radius 2 is 2.04 bits per heavy atom. The second kappa shape index (κ2) is 6.25. The Morgan fingerprint density at radius 3 is 2.75 bits per heavy atom. The molecule has 0 saturated heterocycles. The minimum Gasteiger partial charge on any atom is -0.494 e. The van der Waals surface area contributed by atoms with Crippen LogP contribution in [0.2, 0.25) is 0 Å². The number of benzene rings is 2. The maximum absolute atomic E-state index is 13.2. The molecular formula is C16H11FN2O4S. The number of nitro benzene ring substituents is 1. The number of anilines is 1. The Bertz CT molecular complexity index is 954. The smallest absolute Gasteiger partial charge is 0.270 e. The van der Waals surface area contributed by atoms with Crippen molar-refractivity contribution in [1.82, 2.24) is 0 Å². The Balaban J connectivity index is 1.90. The molecule has 0 aliphatic heterocycles. The van der Waals surface area contributed by atoms with E-state index in [9.17, 15) is 19.3 Å². The number of methoxy groups -OCH3 is 1. The van der Waals surface area contributed by atoms with Crippen molar-refractivity contribution in [2.45, 2.75) is 0 Å². The van der Waals surface area contributed by atoms with Gasteiger partial charge in [0.15, 0.2) is 0 Å². The van der Waals surface area contributed by atoms with Crippen LogP contribution in [0.4, 0.5) is 15.8 Å². The third-order valence-electron chi connectivity index (χ3n) is 3.35. The molecule has 1 heterocycles. The Hall–Kier alpha value is -3.00. The topological polar surface area (TPSA) is 81.5 Å². The predicted octanol–water partition coefficient (Wildman–Crippen LogP) is 4.21. The van der Waals surface area contributed by atoms with Gasteiger partial charge in [-0.3, -0.25) is 14.9 Å². The number of halogens is 1. The summed E-state index contributed by atoms with van der Waals surface area (Å²) in [6.07, 6.45) is 0. The van der Waals surface area contributed by atoms with Crippen LogP contribution in [0.25, 0.3) is 10.1 Å². The minimum atomic E-state index is -0.486. The average Bonchev–Trinajstić information content (AvgIpc) is 2.99. The summed E-state index contributed by atoms with van der Waals surface area (Å²) in [5.41, 5.74) is 0.305. The van der Waals surface area contributed by atoms with Gasteiger partial charge in [-0.15, -0.1) is 11.3 Å². The molecule has 0 aliphatic rings. The van der Waals surface area contributed by atoms with E-state index in [4.69, 9.17) is 4.74 Å². The van der Waals surface area contributed by atoms with Gasteiger partial charge in [-0.25, -0.2) is 4.39 Å². The van der Waals surface area contributed by atoms with E-state index >= 15 is 0 Å². The lowest BCUT2D eigenvalue weighted by Crippen LogP contribution is -2.11. The SMILES string of the molecule is COc1cc(F)ccc1NC(=O)c1cc2cc([N+](=O)[O-])ccc2s1. The van der Waals surface area contributed by atoms with Crippen LogP contribution in [-0.4, -0.2) is 17.9 Å². The highest BCUT2D eigenvalue weighted by molar-refractivity contribution is 7.20. The number of nitro groups is 1. The Morgan fingerprint density at radius 1 is 1.25 bits per heavy atom. The molecule has 1 amide bonds. The Labute approximate surface area is 139 Å². The van der Waals surface area contributed by atoms with Gasteiger partial charge in [0, 0.05) is 28.3 Å². The van der Waals surface area contributed by atoms with Gasteiger partial charge in [0.1, 0.15) is 11.6 Å². The van der Waals surface area contributed by atoms with Crippen LogP contribution in [0.1, 0.15) is 9.67 Å². The lowest BCUT2D eigenvalue weighted by Gasteiger charge is -2.09. The van der Waals surface area contributed by atoms with Gasteiger partial charge >= 0.3 is 0 Å². The molecule has 0 unspecified atom stereocenters. The van der Waals surface area contributed by atoms with Crippen LogP contribution >= 0.6 is 11.3 Å². The molecule has 24 heavy (non-hydrogen) atoms. The molecule has 0 fully saturated rings. The van der Waals surface area contributed by atoms with Crippen LogP contribution in [-0.2, 0) is 0 Å². The van der Waals surface area contributed by atoms with Gasteiger partial charge in [-0.1, -0.05) is 0 Å². The fourth-order valence-corrected chi connectivity index (χ4v) is 3.15. The first kappa shape index (κ1) is 15.9. The summed E-state index contributed by atoms with van der Waals surface area (Å²) in [4.78, 5) is 23.1. The molecule has 122 valence electrons. The first-order valence-electron chi connectivity index (χ1n) is 6.81. The van der Waals surface area contributed by atoms with E-state index in [0.29, 0.717) is 16.0 Å². The van der Waals surface area contributed by atoms with Crippen molar-refractivity contribution in [1.29, 1.82) is 0 Å². The molecule has 2 aromatic carbocycles. The van der Waals surface area contributed by atoms with Crippen molar-refractivity contribution < 1.29 is 18.8 Å². The van der Waals surface area contributed by atoms with E-state index in [1.807, 2.05) is 0 Å². The summed E-state index contributed by atoms with van der Waals surface area (Å²) in [6, 6.07) is 9.79. The van der Waals surface area contributed by atoms with Crippen molar-refractivity contribution in [3.05, 3.63) is 63.3 Å². The number of nitrogens with one attached hydrogen (secondary N) is 1. The molecule has 1 N–H and O–H groups in total. The molecule has 0 radical (unpaired) electrons. The van der Waals surface area contributed by atoms with E-state index in [1.54, 1.807) is 12.1 Å². The van der Waals surface area contributed by atoms with E-state index < -0.39 is 16.6 Å². The summed E-state index contributed by atoms with van der Waals surface area (Å²) < 4.78 is 19.0. The molecule has 8 heteroatoms. The highest BCUT2D eigenvalue weighted by atomic mass is 32.1. The largest absolute Gasteiger partial charge is 0.494 e. The molecule has 3 rings (SSSR count). The number of non-ortho nitro benzene ring substituents is 1. The molecular weight excluding hydrogens is 335 g/mol. The van der Waals surface area contributed by atoms with Crippen molar-refractivity contribution in [2.24, 2.45) is 0 Å². The number of rotatable bonds is 4. The van der Waals surface area contributed by atoms with Crippen molar-refractivity contribution in [3.63, 3.8) is 0 Å². The zero-order chi connectivity index (χ0) is 17.3. The maximum Gasteiger partial charge on any atom is 0.270 e. The van der Waals surface area contributed by atoms with Gasteiger partial charge in [-0.2, -0.15) is 0 Å². The van der Waals surface area contributed by atoms with Crippen LogP contribution in [0.3, 0.4) is 0 Å². The van der Waals surface area contributed by atoms with Crippen LogP contribution in [0.15, 0.2) is 42.5 Å². The first-order chi connectivity index (χ1) is 11.5. The predicted molar refractivity (Wildman–Crippen MR) is 89.4 cm³/mol. The number of carbonyl (C=O) groups excluding carboxylic acids is 1. The summed E-state index contributed by atoms with van der Waals surface area (Å²) in [5.74, 6) is -0.664. The normalized spacial score (nSPS) is 10.6. The van der Waals surface area contributed by atoms with E-state index in [-0.39, 0.29) is 11.4 Å². The second-order valence-electron chi connectivity index (χ2n) is 4.89. The van der Waals surface area contributed by atoms with Gasteiger partial charge < -0.3 is 10.1 Å². The summed E-state index contributed by atoms with van der Waals surface area (Å²) in [6.45, 7) is 0.